The number of imide groups is 1. The second-order valence-electron chi connectivity index (χ2n) is 6.39. The Hall–Kier alpha value is -3.74. The van der Waals surface area contributed by atoms with Crippen LogP contribution in [-0.4, -0.2) is 19.0 Å². The second-order valence-corrected chi connectivity index (χ2v) is 6.39. The summed E-state index contributed by atoms with van der Waals surface area (Å²) in [6.45, 7) is 0.719. The number of urea groups is 1. The highest BCUT2D eigenvalue weighted by atomic mass is 19.1. The van der Waals surface area contributed by atoms with E-state index in [1.165, 1.54) is 0 Å². The third-order valence-electron chi connectivity index (χ3n) is 4.25. The summed E-state index contributed by atoms with van der Waals surface area (Å²) in [5, 5.41) is 4.38. The van der Waals surface area contributed by atoms with Crippen LogP contribution in [0.1, 0.15) is 15.9 Å². The van der Waals surface area contributed by atoms with Crippen molar-refractivity contribution in [2.45, 2.75) is 6.54 Å². The lowest BCUT2D eigenvalue weighted by molar-refractivity contribution is 0.0959. The number of rotatable bonds is 5. The maximum absolute atomic E-state index is 13.6. The Morgan fingerprint density at radius 1 is 0.862 bits per heavy atom. The molecular weight excluding hydrogens is 376 g/mol. The maximum Gasteiger partial charge on any atom is 0.326 e. The van der Waals surface area contributed by atoms with Crippen LogP contribution in [0, 0.1) is 11.6 Å². The average molecular weight is 395 g/mol. The zero-order chi connectivity index (χ0) is 20.8. The van der Waals surface area contributed by atoms with Gasteiger partial charge in [0.1, 0.15) is 17.2 Å². The fraction of sp³-hybridized carbons (Fsp3) is 0.0909. The van der Waals surface area contributed by atoms with Gasteiger partial charge in [0.05, 0.1) is 0 Å². The molecule has 3 amide bonds. The molecule has 0 heterocycles. The fourth-order valence-corrected chi connectivity index (χ4v) is 2.79. The molecule has 0 atom stereocenters. The SMILES string of the molecule is CN(Cc1ccccc1)c1ccc(NC(=O)NC(=O)c2c(F)cccc2F)cc1. The predicted molar refractivity (Wildman–Crippen MR) is 108 cm³/mol. The van der Waals surface area contributed by atoms with Crippen molar-refractivity contribution in [3.63, 3.8) is 0 Å². The normalized spacial score (nSPS) is 10.3. The van der Waals surface area contributed by atoms with Gasteiger partial charge in [-0.2, -0.15) is 0 Å². The molecule has 0 aliphatic carbocycles. The smallest absolute Gasteiger partial charge is 0.326 e. The summed E-state index contributed by atoms with van der Waals surface area (Å²) in [5.41, 5.74) is 1.72. The highest BCUT2D eigenvalue weighted by Gasteiger charge is 2.19. The molecule has 0 saturated carbocycles. The Kier molecular flexibility index (Phi) is 6.19. The van der Waals surface area contributed by atoms with Crippen molar-refractivity contribution in [1.29, 1.82) is 0 Å². The van der Waals surface area contributed by atoms with Gasteiger partial charge in [-0.15, -0.1) is 0 Å². The Balaban J connectivity index is 1.59. The van der Waals surface area contributed by atoms with Crippen LogP contribution in [0.3, 0.4) is 0 Å². The molecule has 3 aromatic rings. The molecule has 0 spiro atoms. The highest BCUT2D eigenvalue weighted by molar-refractivity contribution is 6.08. The van der Waals surface area contributed by atoms with E-state index in [-0.39, 0.29) is 0 Å². The van der Waals surface area contributed by atoms with E-state index in [9.17, 15) is 18.4 Å². The van der Waals surface area contributed by atoms with Gasteiger partial charge in [-0.3, -0.25) is 10.1 Å². The van der Waals surface area contributed by atoms with Crippen LogP contribution in [0.15, 0.2) is 72.8 Å². The Bertz CT molecular complexity index is 988. The van der Waals surface area contributed by atoms with E-state index in [1.54, 1.807) is 12.1 Å². The number of amides is 3. The number of benzene rings is 3. The van der Waals surface area contributed by atoms with Gasteiger partial charge in [-0.25, -0.2) is 13.6 Å². The summed E-state index contributed by atoms with van der Waals surface area (Å²) < 4.78 is 27.2. The molecule has 0 fully saturated rings. The number of carbonyl (C=O) groups excluding carboxylic acids is 2. The number of hydrogen-bond donors (Lipinski definition) is 2. The minimum absolute atomic E-state index is 0.432. The molecule has 29 heavy (non-hydrogen) atoms. The molecule has 0 unspecified atom stereocenters. The van der Waals surface area contributed by atoms with E-state index < -0.39 is 29.1 Å². The van der Waals surface area contributed by atoms with Crippen LogP contribution in [0.5, 0.6) is 0 Å². The van der Waals surface area contributed by atoms with Crippen LogP contribution in [0.2, 0.25) is 0 Å². The zero-order valence-corrected chi connectivity index (χ0v) is 15.7. The third kappa shape index (κ3) is 5.16. The fourth-order valence-electron chi connectivity index (χ4n) is 2.79. The number of anilines is 2. The molecule has 0 aromatic heterocycles. The second kappa shape index (κ2) is 8.97. The maximum atomic E-state index is 13.6. The van der Waals surface area contributed by atoms with Crippen LogP contribution in [0.4, 0.5) is 25.0 Å². The number of halogens is 2. The van der Waals surface area contributed by atoms with Gasteiger partial charge in [0.15, 0.2) is 0 Å². The molecule has 3 aromatic carbocycles. The van der Waals surface area contributed by atoms with Gasteiger partial charge in [-0.05, 0) is 42.0 Å². The molecule has 0 aliphatic heterocycles. The van der Waals surface area contributed by atoms with E-state index in [0.29, 0.717) is 5.69 Å². The molecule has 5 nitrogen and oxygen atoms in total. The molecular formula is C22H19F2N3O2. The summed E-state index contributed by atoms with van der Waals surface area (Å²) in [6.07, 6.45) is 0. The summed E-state index contributed by atoms with van der Waals surface area (Å²) in [6, 6.07) is 19.1. The van der Waals surface area contributed by atoms with Crippen molar-refractivity contribution < 1.29 is 18.4 Å². The number of hydrogen-bond acceptors (Lipinski definition) is 3. The van der Waals surface area contributed by atoms with Crippen molar-refractivity contribution in [2.75, 3.05) is 17.3 Å². The summed E-state index contributed by atoms with van der Waals surface area (Å²) in [4.78, 5) is 26.0. The monoisotopic (exact) mass is 395 g/mol. The van der Waals surface area contributed by atoms with E-state index in [2.05, 4.69) is 5.32 Å². The number of nitrogens with zero attached hydrogens (tertiary/aromatic N) is 1. The summed E-state index contributed by atoms with van der Waals surface area (Å²) >= 11 is 0. The molecule has 3 rings (SSSR count). The number of carbonyl (C=O) groups is 2. The van der Waals surface area contributed by atoms with Gasteiger partial charge in [0, 0.05) is 25.0 Å². The Labute approximate surface area is 167 Å². The van der Waals surface area contributed by atoms with Crippen LogP contribution in [0.25, 0.3) is 0 Å². The van der Waals surface area contributed by atoms with Gasteiger partial charge in [0.25, 0.3) is 5.91 Å². The van der Waals surface area contributed by atoms with E-state index in [1.807, 2.05) is 59.7 Å². The molecule has 0 saturated heterocycles. The summed E-state index contributed by atoms with van der Waals surface area (Å²) in [5.74, 6) is -3.24. The minimum atomic E-state index is -1.16. The first-order valence-electron chi connectivity index (χ1n) is 8.85. The molecule has 0 radical (unpaired) electrons. The predicted octanol–water partition coefficient (Wildman–Crippen LogP) is 4.56. The standard InChI is InChI=1S/C22H19F2N3O2/c1-27(14-15-6-3-2-4-7-15)17-12-10-16(11-13-17)25-22(29)26-21(28)20-18(23)8-5-9-19(20)24/h2-13H,14H2,1H3,(H2,25,26,28,29). The van der Waals surface area contributed by atoms with Crippen LogP contribution >= 0.6 is 0 Å². The Morgan fingerprint density at radius 2 is 1.48 bits per heavy atom. The van der Waals surface area contributed by atoms with Crippen molar-refractivity contribution in [3.8, 4) is 0 Å². The van der Waals surface area contributed by atoms with Gasteiger partial charge in [-0.1, -0.05) is 36.4 Å². The number of nitrogens with one attached hydrogen (secondary N) is 2. The summed E-state index contributed by atoms with van der Waals surface area (Å²) in [7, 11) is 1.95. The van der Waals surface area contributed by atoms with E-state index >= 15 is 0 Å². The first kappa shape index (κ1) is 20.0. The molecule has 7 heteroatoms. The average Bonchev–Trinajstić information content (AvgIpc) is 2.69. The van der Waals surface area contributed by atoms with Crippen LogP contribution < -0.4 is 15.5 Å². The molecule has 0 bridgehead atoms. The quantitative estimate of drug-likeness (QED) is 0.666. The lowest BCUT2D eigenvalue weighted by Gasteiger charge is -2.19. The first-order valence-corrected chi connectivity index (χ1v) is 8.85. The minimum Gasteiger partial charge on any atom is -0.370 e. The zero-order valence-electron chi connectivity index (χ0n) is 15.7. The first-order chi connectivity index (χ1) is 13.9. The van der Waals surface area contributed by atoms with Crippen LogP contribution in [-0.2, 0) is 6.54 Å². The van der Waals surface area contributed by atoms with Crippen molar-refractivity contribution in [1.82, 2.24) is 5.32 Å². The lowest BCUT2D eigenvalue weighted by Crippen LogP contribution is -2.35. The Morgan fingerprint density at radius 3 is 2.10 bits per heavy atom. The molecule has 2 N–H and O–H groups in total. The lowest BCUT2D eigenvalue weighted by atomic mass is 10.2. The van der Waals surface area contributed by atoms with Crippen molar-refractivity contribution in [3.05, 3.63) is 95.6 Å². The van der Waals surface area contributed by atoms with E-state index in [4.69, 9.17) is 0 Å². The van der Waals surface area contributed by atoms with Gasteiger partial charge >= 0.3 is 6.03 Å². The largest absolute Gasteiger partial charge is 0.370 e. The third-order valence-corrected chi connectivity index (χ3v) is 4.25. The highest BCUT2D eigenvalue weighted by Crippen LogP contribution is 2.19. The van der Waals surface area contributed by atoms with Gasteiger partial charge in [0.2, 0.25) is 0 Å². The molecule has 148 valence electrons. The topological polar surface area (TPSA) is 61.4 Å². The van der Waals surface area contributed by atoms with Crippen molar-refractivity contribution >= 4 is 23.3 Å². The van der Waals surface area contributed by atoms with Crippen molar-refractivity contribution in [2.24, 2.45) is 0 Å². The molecule has 0 aliphatic rings. The van der Waals surface area contributed by atoms with E-state index in [0.717, 1.165) is 36.0 Å². The van der Waals surface area contributed by atoms with Gasteiger partial charge < -0.3 is 10.2 Å².